The second-order valence-electron chi connectivity index (χ2n) is 10.3. The van der Waals surface area contributed by atoms with Crippen molar-refractivity contribution in [2.75, 3.05) is 55.3 Å². The van der Waals surface area contributed by atoms with E-state index < -0.39 is 5.60 Å². The zero-order valence-electron chi connectivity index (χ0n) is 22.5. The molecule has 11 nitrogen and oxygen atoms in total. The Morgan fingerprint density at radius 2 is 1.95 bits per heavy atom. The number of carbonyl (C=O) groups excluding carboxylic acids is 2. The second kappa shape index (κ2) is 11.7. The fourth-order valence-corrected chi connectivity index (χ4v) is 5.61. The SMILES string of the molecule is CC(C)(O)CN(C=O)c1cc2c(cc1N)nc(NC(=O)c1ccc(-c3ccncc3)s1)n2CCN1CCOCC1. The van der Waals surface area contributed by atoms with Crippen molar-refractivity contribution in [3.63, 3.8) is 0 Å². The summed E-state index contributed by atoms with van der Waals surface area (Å²) < 4.78 is 7.42. The molecule has 0 radical (unpaired) electrons. The number of nitrogens with two attached hydrogens (primary N) is 1. The molecule has 0 saturated carbocycles. The van der Waals surface area contributed by atoms with Gasteiger partial charge in [-0.05, 0) is 55.8 Å². The van der Waals surface area contributed by atoms with Gasteiger partial charge in [0.2, 0.25) is 12.4 Å². The summed E-state index contributed by atoms with van der Waals surface area (Å²) in [6.07, 6.45) is 4.10. The van der Waals surface area contributed by atoms with Crippen molar-refractivity contribution in [1.29, 1.82) is 0 Å². The van der Waals surface area contributed by atoms with Crippen LogP contribution in [-0.4, -0.2) is 81.9 Å². The average Bonchev–Trinajstić information content (AvgIpc) is 3.56. The number of aliphatic hydroxyl groups is 1. The van der Waals surface area contributed by atoms with Crippen molar-refractivity contribution in [2.45, 2.75) is 26.0 Å². The van der Waals surface area contributed by atoms with Gasteiger partial charge in [-0.3, -0.25) is 24.8 Å². The zero-order chi connectivity index (χ0) is 28.3. The Morgan fingerprint density at radius 3 is 2.65 bits per heavy atom. The van der Waals surface area contributed by atoms with E-state index in [-0.39, 0.29) is 12.5 Å². The van der Waals surface area contributed by atoms with Crippen LogP contribution < -0.4 is 16.0 Å². The number of aromatic nitrogens is 3. The molecule has 3 aromatic heterocycles. The lowest BCUT2D eigenvalue weighted by Crippen LogP contribution is -2.38. The Labute approximate surface area is 236 Å². The van der Waals surface area contributed by atoms with E-state index in [1.165, 1.54) is 16.2 Å². The first-order valence-electron chi connectivity index (χ1n) is 13.1. The number of carbonyl (C=O) groups is 2. The number of benzene rings is 1. The molecule has 1 aliphatic heterocycles. The summed E-state index contributed by atoms with van der Waals surface area (Å²) in [7, 11) is 0. The largest absolute Gasteiger partial charge is 0.397 e. The predicted octanol–water partition coefficient (Wildman–Crippen LogP) is 3.06. The highest BCUT2D eigenvalue weighted by Crippen LogP contribution is 2.32. The Balaban J connectivity index is 1.48. The quantitative estimate of drug-likeness (QED) is 0.198. The number of pyridine rings is 1. The molecular weight excluding hydrogens is 530 g/mol. The van der Waals surface area contributed by atoms with E-state index in [9.17, 15) is 14.7 Å². The minimum Gasteiger partial charge on any atom is -0.397 e. The van der Waals surface area contributed by atoms with Gasteiger partial charge in [0, 0.05) is 43.4 Å². The summed E-state index contributed by atoms with van der Waals surface area (Å²) in [5.41, 5.74) is 8.34. The van der Waals surface area contributed by atoms with Crippen molar-refractivity contribution in [3.05, 3.63) is 53.7 Å². The number of nitrogens with one attached hydrogen (secondary N) is 1. The fraction of sp³-hybridized carbons (Fsp3) is 0.357. The molecule has 0 bridgehead atoms. The number of amides is 2. The summed E-state index contributed by atoms with van der Waals surface area (Å²) in [6, 6.07) is 11.0. The summed E-state index contributed by atoms with van der Waals surface area (Å²) in [5, 5.41) is 13.3. The lowest BCUT2D eigenvalue weighted by atomic mass is 10.1. The highest BCUT2D eigenvalue weighted by molar-refractivity contribution is 7.17. The maximum atomic E-state index is 13.3. The third kappa shape index (κ3) is 6.31. The number of hydrogen-bond donors (Lipinski definition) is 3. The molecule has 0 spiro atoms. The summed E-state index contributed by atoms with van der Waals surface area (Å²) >= 11 is 1.39. The monoisotopic (exact) mass is 563 g/mol. The fourth-order valence-electron chi connectivity index (χ4n) is 4.70. The van der Waals surface area contributed by atoms with Crippen molar-refractivity contribution >= 4 is 52.0 Å². The average molecular weight is 564 g/mol. The molecule has 4 heterocycles. The van der Waals surface area contributed by atoms with Gasteiger partial charge in [0.25, 0.3) is 5.91 Å². The smallest absolute Gasteiger partial charge is 0.268 e. The van der Waals surface area contributed by atoms with E-state index in [0.717, 1.165) is 35.6 Å². The number of nitrogen functional groups attached to an aromatic ring is 1. The molecule has 12 heteroatoms. The minimum absolute atomic E-state index is 0.0654. The van der Waals surface area contributed by atoms with Crippen molar-refractivity contribution < 1.29 is 19.4 Å². The first kappa shape index (κ1) is 27.7. The molecule has 1 aliphatic rings. The normalized spacial score (nSPS) is 14.4. The number of anilines is 3. The standard InChI is InChI=1S/C28H33N7O4S/c1-28(2,38)17-34(18-36)22-16-23-21(15-20(22)29)31-27(35(23)10-9-33-11-13-39-14-12-33)32-26(37)25-4-3-24(40-25)19-5-7-30-8-6-19/h3-8,15-16,18,38H,9-14,17,29H2,1-2H3,(H,31,32,37). The van der Waals surface area contributed by atoms with Crippen molar-refractivity contribution in [3.8, 4) is 10.4 Å². The summed E-state index contributed by atoms with van der Waals surface area (Å²) in [5.74, 6) is 0.127. The first-order valence-corrected chi connectivity index (χ1v) is 13.9. The topological polar surface area (TPSA) is 139 Å². The molecule has 1 saturated heterocycles. The number of imidazole rings is 1. The van der Waals surface area contributed by atoms with E-state index >= 15 is 0 Å². The number of morpholine rings is 1. The Hall–Kier alpha value is -3.84. The maximum Gasteiger partial charge on any atom is 0.268 e. The third-order valence-corrected chi connectivity index (χ3v) is 7.79. The molecule has 0 unspecified atom stereocenters. The number of fused-ring (bicyclic) bond motifs is 1. The van der Waals surface area contributed by atoms with Crippen LogP contribution in [0.25, 0.3) is 21.5 Å². The molecular formula is C28H33N7O4S. The molecule has 4 aromatic rings. The van der Waals surface area contributed by atoms with Crippen LogP contribution in [0.2, 0.25) is 0 Å². The Kier molecular flexibility index (Phi) is 8.12. The molecule has 1 fully saturated rings. The zero-order valence-corrected chi connectivity index (χ0v) is 23.4. The van der Waals surface area contributed by atoms with Gasteiger partial charge in [-0.15, -0.1) is 11.3 Å². The van der Waals surface area contributed by atoms with Crippen molar-refractivity contribution in [2.24, 2.45) is 0 Å². The molecule has 1 aromatic carbocycles. The molecule has 2 amide bonds. The lowest BCUT2D eigenvalue weighted by Gasteiger charge is -2.27. The Morgan fingerprint density at radius 1 is 1.20 bits per heavy atom. The molecule has 0 atom stereocenters. The third-order valence-electron chi connectivity index (χ3n) is 6.65. The lowest BCUT2D eigenvalue weighted by molar-refractivity contribution is -0.108. The van der Waals surface area contributed by atoms with Gasteiger partial charge in [-0.1, -0.05) is 0 Å². The summed E-state index contributed by atoms with van der Waals surface area (Å²) in [6.45, 7) is 7.60. The van der Waals surface area contributed by atoms with Crippen LogP contribution >= 0.6 is 11.3 Å². The van der Waals surface area contributed by atoms with Crippen LogP contribution in [0, 0.1) is 0 Å². The first-order chi connectivity index (χ1) is 19.2. The molecule has 0 aliphatic carbocycles. The molecule has 4 N–H and O–H groups in total. The number of rotatable bonds is 10. The van der Waals surface area contributed by atoms with Gasteiger partial charge in [0.1, 0.15) is 0 Å². The van der Waals surface area contributed by atoms with Gasteiger partial charge < -0.3 is 25.0 Å². The highest BCUT2D eigenvalue weighted by atomic mass is 32.1. The number of hydrogen-bond acceptors (Lipinski definition) is 9. The van der Waals surface area contributed by atoms with E-state index in [4.69, 9.17) is 15.5 Å². The highest BCUT2D eigenvalue weighted by Gasteiger charge is 2.23. The molecule has 5 rings (SSSR count). The van der Waals surface area contributed by atoms with E-state index in [1.54, 1.807) is 44.4 Å². The van der Waals surface area contributed by atoms with Gasteiger partial charge in [-0.25, -0.2) is 4.98 Å². The minimum atomic E-state index is -1.12. The predicted molar refractivity (Wildman–Crippen MR) is 157 cm³/mol. The molecule has 40 heavy (non-hydrogen) atoms. The van der Waals surface area contributed by atoms with Crippen LogP contribution in [0.15, 0.2) is 48.8 Å². The van der Waals surface area contributed by atoms with Gasteiger partial charge in [0.15, 0.2) is 0 Å². The second-order valence-corrected chi connectivity index (χ2v) is 11.4. The van der Waals surface area contributed by atoms with Crippen molar-refractivity contribution in [1.82, 2.24) is 19.4 Å². The van der Waals surface area contributed by atoms with Gasteiger partial charge in [-0.2, -0.15) is 0 Å². The van der Waals surface area contributed by atoms with Crippen LogP contribution in [0.1, 0.15) is 23.5 Å². The molecule has 210 valence electrons. The van der Waals surface area contributed by atoms with Crippen LogP contribution in [-0.2, 0) is 16.1 Å². The maximum absolute atomic E-state index is 13.3. The van der Waals surface area contributed by atoms with Crippen LogP contribution in [0.3, 0.4) is 0 Å². The number of nitrogens with zero attached hydrogens (tertiary/aromatic N) is 5. The number of thiophene rings is 1. The Bertz CT molecular complexity index is 1490. The van der Waals surface area contributed by atoms with Crippen LogP contribution in [0.4, 0.5) is 17.3 Å². The van der Waals surface area contributed by atoms with Crippen LogP contribution in [0.5, 0.6) is 0 Å². The van der Waals surface area contributed by atoms with E-state index in [2.05, 4.69) is 15.2 Å². The number of ether oxygens (including phenoxy) is 1. The van der Waals surface area contributed by atoms with E-state index in [0.29, 0.717) is 53.9 Å². The van der Waals surface area contributed by atoms with Gasteiger partial charge in [0.05, 0.1) is 52.6 Å². The summed E-state index contributed by atoms with van der Waals surface area (Å²) in [4.78, 5) is 39.3. The van der Waals surface area contributed by atoms with E-state index in [1.807, 2.05) is 22.8 Å². The van der Waals surface area contributed by atoms with Gasteiger partial charge >= 0.3 is 0 Å².